The first-order valence-corrected chi connectivity index (χ1v) is 9.08. The molecule has 1 fully saturated rings. The number of hydrogen-bond acceptors (Lipinski definition) is 5. The Labute approximate surface area is 157 Å². The van der Waals surface area contributed by atoms with Crippen LogP contribution in [0.4, 0.5) is 11.5 Å². The second kappa shape index (κ2) is 7.51. The van der Waals surface area contributed by atoms with E-state index < -0.39 is 0 Å². The van der Waals surface area contributed by atoms with Gasteiger partial charge in [0, 0.05) is 18.1 Å². The molecule has 1 N–H and O–H groups in total. The van der Waals surface area contributed by atoms with Crippen LogP contribution in [-0.4, -0.2) is 43.8 Å². The molecule has 4 rings (SSSR count). The van der Waals surface area contributed by atoms with Crippen molar-refractivity contribution in [3.05, 3.63) is 47.1 Å². The van der Waals surface area contributed by atoms with Crippen LogP contribution in [0.15, 0.2) is 36.5 Å². The highest BCUT2D eigenvalue weighted by Crippen LogP contribution is 2.30. The summed E-state index contributed by atoms with van der Waals surface area (Å²) in [6.45, 7) is 3.46. The van der Waals surface area contributed by atoms with E-state index in [0.29, 0.717) is 37.0 Å². The molecule has 2 aliphatic rings. The van der Waals surface area contributed by atoms with E-state index in [2.05, 4.69) is 15.2 Å². The van der Waals surface area contributed by atoms with Gasteiger partial charge in [0.15, 0.2) is 0 Å². The molecule has 6 nitrogen and oxygen atoms in total. The third kappa shape index (κ3) is 3.76. The van der Waals surface area contributed by atoms with Gasteiger partial charge in [-0.15, -0.1) is 0 Å². The molecule has 1 amide bonds. The van der Waals surface area contributed by atoms with Gasteiger partial charge in [-0.3, -0.25) is 4.79 Å². The number of morpholine rings is 1. The number of anilines is 2. The largest absolute Gasteiger partial charge is 0.492 e. The number of hydrogen-bond donors (Lipinski definition) is 1. The predicted molar refractivity (Wildman–Crippen MR) is 100 cm³/mol. The maximum Gasteiger partial charge on any atom is 0.231 e. The van der Waals surface area contributed by atoms with Gasteiger partial charge in [0.2, 0.25) is 5.91 Å². The minimum atomic E-state index is -0.250. The first kappa shape index (κ1) is 17.1. The molecular weight excluding hydrogens is 354 g/mol. The van der Waals surface area contributed by atoms with Gasteiger partial charge in [-0.05, 0) is 42.3 Å². The van der Waals surface area contributed by atoms with Crippen LogP contribution in [0, 0.1) is 5.92 Å². The van der Waals surface area contributed by atoms with E-state index in [1.54, 1.807) is 12.3 Å². The van der Waals surface area contributed by atoms with Crippen LogP contribution < -0.4 is 15.0 Å². The Balaban J connectivity index is 1.39. The maximum atomic E-state index is 12.6. The van der Waals surface area contributed by atoms with Gasteiger partial charge in [0.25, 0.3) is 0 Å². The Morgan fingerprint density at radius 3 is 2.85 bits per heavy atom. The van der Waals surface area contributed by atoms with Gasteiger partial charge < -0.3 is 19.7 Å². The number of benzene rings is 1. The highest BCUT2D eigenvalue weighted by atomic mass is 35.5. The Morgan fingerprint density at radius 1 is 1.23 bits per heavy atom. The fraction of sp³-hybridized carbons (Fsp3) is 0.368. The fourth-order valence-electron chi connectivity index (χ4n) is 3.22. The van der Waals surface area contributed by atoms with Crippen LogP contribution in [0.3, 0.4) is 0 Å². The molecule has 1 aromatic heterocycles. The lowest BCUT2D eigenvalue weighted by Crippen LogP contribution is -2.36. The molecule has 0 spiro atoms. The van der Waals surface area contributed by atoms with E-state index in [4.69, 9.17) is 21.1 Å². The van der Waals surface area contributed by atoms with Crippen LogP contribution in [0.25, 0.3) is 0 Å². The molecule has 1 saturated heterocycles. The lowest BCUT2D eigenvalue weighted by Gasteiger charge is -2.28. The van der Waals surface area contributed by atoms with Gasteiger partial charge in [-0.1, -0.05) is 11.6 Å². The third-order valence-electron chi connectivity index (χ3n) is 4.65. The predicted octanol–water partition coefficient (Wildman–Crippen LogP) is 2.76. The Kier molecular flexibility index (Phi) is 4.95. The monoisotopic (exact) mass is 373 g/mol. The fourth-order valence-corrected chi connectivity index (χ4v) is 3.41. The van der Waals surface area contributed by atoms with Crippen molar-refractivity contribution in [3.63, 3.8) is 0 Å². The molecule has 3 heterocycles. The molecule has 7 heteroatoms. The summed E-state index contributed by atoms with van der Waals surface area (Å²) in [5.41, 5.74) is 1.65. The van der Waals surface area contributed by atoms with Gasteiger partial charge in [-0.2, -0.15) is 0 Å². The highest BCUT2D eigenvalue weighted by Gasteiger charge is 2.26. The number of nitrogens with one attached hydrogen (secondary N) is 1. The standard InChI is InChI=1S/C19H20ClN3O3/c20-15-1-3-17-13(10-15)9-14(12-26-17)19(24)22-16-2-4-18(21-11-16)23-5-7-25-8-6-23/h1-4,10-11,14H,5-9,12H2,(H,22,24)/t14-/m1/s1. The van der Waals surface area contributed by atoms with E-state index in [9.17, 15) is 4.79 Å². The van der Waals surface area contributed by atoms with Gasteiger partial charge >= 0.3 is 0 Å². The molecule has 0 bridgehead atoms. The second-order valence-corrected chi connectivity index (χ2v) is 6.89. The lowest BCUT2D eigenvalue weighted by molar-refractivity contribution is -0.121. The number of nitrogens with zero attached hydrogens (tertiary/aromatic N) is 2. The van der Waals surface area contributed by atoms with Gasteiger partial charge in [0.05, 0.1) is 31.0 Å². The summed E-state index contributed by atoms with van der Waals surface area (Å²) in [7, 11) is 0. The molecule has 1 aromatic carbocycles. The Hall–Kier alpha value is -2.31. The number of amides is 1. The van der Waals surface area contributed by atoms with Crippen LogP contribution in [0.1, 0.15) is 5.56 Å². The molecule has 0 saturated carbocycles. The van der Waals surface area contributed by atoms with Crippen LogP contribution >= 0.6 is 11.6 Å². The number of fused-ring (bicyclic) bond motifs is 1. The molecule has 1 atom stereocenters. The second-order valence-electron chi connectivity index (χ2n) is 6.46. The first-order valence-electron chi connectivity index (χ1n) is 8.70. The molecule has 0 radical (unpaired) electrons. The smallest absolute Gasteiger partial charge is 0.231 e. The highest BCUT2D eigenvalue weighted by molar-refractivity contribution is 6.30. The van der Waals surface area contributed by atoms with E-state index in [-0.39, 0.29) is 11.8 Å². The number of rotatable bonds is 3. The summed E-state index contributed by atoms with van der Waals surface area (Å²) in [6.07, 6.45) is 2.30. The van der Waals surface area contributed by atoms with Crippen molar-refractivity contribution in [2.24, 2.45) is 5.92 Å². The third-order valence-corrected chi connectivity index (χ3v) is 4.89. The molecule has 26 heavy (non-hydrogen) atoms. The van der Waals surface area contributed by atoms with Gasteiger partial charge in [-0.25, -0.2) is 4.98 Å². The van der Waals surface area contributed by atoms with Gasteiger partial charge in [0.1, 0.15) is 18.2 Å². The zero-order chi connectivity index (χ0) is 17.9. The first-order chi connectivity index (χ1) is 12.7. The zero-order valence-corrected chi connectivity index (χ0v) is 15.0. The van der Waals surface area contributed by atoms with Crippen LogP contribution in [-0.2, 0) is 16.0 Å². The molecule has 0 aliphatic carbocycles. The average Bonchev–Trinajstić information content (AvgIpc) is 2.68. The van der Waals surface area contributed by atoms with Crippen molar-refractivity contribution in [1.29, 1.82) is 0 Å². The SMILES string of the molecule is O=C(Nc1ccc(N2CCOCC2)nc1)[C@H]1COc2ccc(Cl)cc2C1. The quantitative estimate of drug-likeness (QED) is 0.896. The summed E-state index contributed by atoms with van der Waals surface area (Å²) in [4.78, 5) is 19.2. The number of carbonyl (C=O) groups is 1. The minimum Gasteiger partial charge on any atom is -0.492 e. The molecule has 2 aliphatic heterocycles. The average molecular weight is 374 g/mol. The van der Waals surface area contributed by atoms with E-state index in [0.717, 1.165) is 30.2 Å². The number of aromatic nitrogens is 1. The van der Waals surface area contributed by atoms with Crippen LogP contribution in [0.5, 0.6) is 5.75 Å². The van der Waals surface area contributed by atoms with Crippen molar-refractivity contribution in [2.45, 2.75) is 6.42 Å². The summed E-state index contributed by atoms with van der Waals surface area (Å²) >= 11 is 6.04. The van der Waals surface area contributed by atoms with Crippen molar-refractivity contribution in [3.8, 4) is 5.75 Å². The number of pyridine rings is 1. The van der Waals surface area contributed by atoms with Crippen molar-refractivity contribution < 1.29 is 14.3 Å². The molecule has 136 valence electrons. The summed E-state index contributed by atoms with van der Waals surface area (Å²) < 4.78 is 11.0. The summed E-state index contributed by atoms with van der Waals surface area (Å²) in [6, 6.07) is 9.30. The lowest BCUT2D eigenvalue weighted by atomic mass is 9.96. The van der Waals surface area contributed by atoms with E-state index >= 15 is 0 Å². The van der Waals surface area contributed by atoms with E-state index in [1.165, 1.54) is 0 Å². The Morgan fingerprint density at radius 2 is 2.08 bits per heavy atom. The van der Waals surface area contributed by atoms with E-state index in [1.807, 2.05) is 24.3 Å². The maximum absolute atomic E-state index is 12.6. The zero-order valence-electron chi connectivity index (χ0n) is 14.3. The molecular formula is C19H20ClN3O3. The summed E-state index contributed by atoms with van der Waals surface area (Å²) in [5, 5.41) is 3.58. The van der Waals surface area contributed by atoms with Crippen LogP contribution in [0.2, 0.25) is 5.02 Å². The minimum absolute atomic E-state index is 0.0726. The van der Waals surface area contributed by atoms with Crippen molar-refractivity contribution >= 4 is 29.0 Å². The summed E-state index contributed by atoms with van der Waals surface area (Å²) in [5.74, 6) is 1.38. The number of ether oxygens (including phenoxy) is 2. The molecule has 0 unspecified atom stereocenters. The normalized spacial score (nSPS) is 19.4. The Bertz CT molecular complexity index is 791. The topological polar surface area (TPSA) is 63.7 Å². The number of halogens is 1. The van der Waals surface area contributed by atoms with Crippen molar-refractivity contribution in [1.82, 2.24) is 4.98 Å². The van der Waals surface area contributed by atoms with Crippen molar-refractivity contribution in [2.75, 3.05) is 43.1 Å². The number of carbonyl (C=O) groups excluding carboxylic acids is 1. The molecule has 2 aromatic rings.